The van der Waals surface area contributed by atoms with Crippen molar-refractivity contribution >= 4 is 22.9 Å². The summed E-state index contributed by atoms with van der Waals surface area (Å²) >= 11 is 0. The highest BCUT2D eigenvalue weighted by atomic mass is 16.5. The molecule has 1 amide bonds. The van der Waals surface area contributed by atoms with E-state index in [9.17, 15) is 9.59 Å². The molecule has 0 aliphatic carbocycles. The number of pyridine rings is 2. The van der Waals surface area contributed by atoms with Gasteiger partial charge in [-0.25, -0.2) is 15.0 Å². The lowest BCUT2D eigenvalue weighted by Crippen LogP contribution is -2.34. The Labute approximate surface area is 197 Å². The number of methoxy groups -OCH3 is 1. The number of aromatic nitrogens is 4. The van der Waals surface area contributed by atoms with Crippen molar-refractivity contribution in [2.24, 2.45) is 0 Å². The quantitative estimate of drug-likeness (QED) is 0.314. The van der Waals surface area contributed by atoms with Crippen LogP contribution in [0, 0.1) is 0 Å². The molecule has 0 radical (unpaired) electrons. The molecule has 0 saturated carbocycles. The van der Waals surface area contributed by atoms with Crippen LogP contribution in [0.15, 0.2) is 35.4 Å². The van der Waals surface area contributed by atoms with Crippen LogP contribution in [0.3, 0.4) is 0 Å². The lowest BCUT2D eigenvalue weighted by atomic mass is 10.1. The number of rotatable bonds is 13. The Balaban J connectivity index is 1.92. The Kier molecular flexibility index (Phi) is 9.30. The van der Waals surface area contributed by atoms with Crippen molar-refractivity contribution in [2.45, 2.75) is 26.3 Å². The van der Waals surface area contributed by atoms with E-state index in [-0.39, 0.29) is 30.4 Å². The van der Waals surface area contributed by atoms with Crippen LogP contribution in [-0.2, 0) is 16.1 Å². The first-order chi connectivity index (χ1) is 16.6. The third-order valence-corrected chi connectivity index (χ3v) is 4.96. The summed E-state index contributed by atoms with van der Waals surface area (Å²) in [6.07, 6.45) is 4.67. The van der Waals surface area contributed by atoms with E-state index >= 15 is 0 Å². The van der Waals surface area contributed by atoms with Crippen molar-refractivity contribution in [3.63, 3.8) is 0 Å². The first-order valence-electron chi connectivity index (χ1n) is 11.2. The van der Waals surface area contributed by atoms with Crippen LogP contribution in [0.1, 0.15) is 19.8 Å². The standard InChI is InChI=1S/C23H30N6O5/c1-3-10-34-11-8-29-18-12-17(16-5-6-20(33-2)25-13-16)14-26-21(18)28-22(23(29)32)27-15-19(31)24-7-4-9-30/h5-6,12-14,30H,3-4,7-11,15H2,1-2H3,(H,24,31)(H,26,27,28). The number of ether oxygens (including phenoxy) is 2. The molecule has 182 valence electrons. The Morgan fingerprint density at radius 3 is 2.71 bits per heavy atom. The van der Waals surface area contributed by atoms with Crippen LogP contribution >= 0.6 is 0 Å². The van der Waals surface area contributed by atoms with Crippen LogP contribution in [0.5, 0.6) is 5.88 Å². The Morgan fingerprint density at radius 2 is 2.00 bits per heavy atom. The number of hydrogen-bond acceptors (Lipinski definition) is 9. The van der Waals surface area contributed by atoms with E-state index < -0.39 is 0 Å². The largest absolute Gasteiger partial charge is 0.481 e. The van der Waals surface area contributed by atoms with Crippen LogP contribution in [0.4, 0.5) is 5.82 Å². The second-order valence-electron chi connectivity index (χ2n) is 7.47. The molecule has 0 aromatic carbocycles. The van der Waals surface area contributed by atoms with Crippen LogP contribution < -0.4 is 20.9 Å². The number of anilines is 1. The van der Waals surface area contributed by atoms with Crippen LogP contribution in [-0.4, -0.2) is 70.6 Å². The SMILES string of the molecule is CCCOCCn1c(=O)c(NCC(=O)NCCCO)nc2ncc(-c3ccc(OC)nc3)cc21. The molecule has 11 nitrogen and oxygen atoms in total. The number of hydrogen-bond donors (Lipinski definition) is 3. The average Bonchev–Trinajstić information content (AvgIpc) is 2.86. The highest BCUT2D eigenvalue weighted by Gasteiger charge is 2.14. The number of aliphatic hydroxyl groups is 1. The third-order valence-electron chi connectivity index (χ3n) is 4.96. The van der Waals surface area contributed by atoms with Crippen molar-refractivity contribution in [1.29, 1.82) is 0 Å². The molecule has 3 rings (SSSR count). The molecule has 0 atom stereocenters. The first kappa shape index (κ1) is 25.1. The number of aliphatic hydroxyl groups excluding tert-OH is 1. The summed E-state index contributed by atoms with van der Waals surface area (Å²) in [5, 5.41) is 14.3. The van der Waals surface area contributed by atoms with Gasteiger partial charge in [-0.15, -0.1) is 0 Å². The predicted molar refractivity (Wildman–Crippen MR) is 128 cm³/mol. The maximum absolute atomic E-state index is 13.2. The zero-order valence-electron chi connectivity index (χ0n) is 19.4. The van der Waals surface area contributed by atoms with Gasteiger partial charge in [0.05, 0.1) is 25.8 Å². The summed E-state index contributed by atoms with van der Waals surface area (Å²) in [5.41, 5.74) is 2.14. The Morgan fingerprint density at radius 1 is 1.18 bits per heavy atom. The maximum Gasteiger partial charge on any atom is 0.293 e. The van der Waals surface area contributed by atoms with Crippen molar-refractivity contribution in [3.8, 4) is 17.0 Å². The van der Waals surface area contributed by atoms with Gasteiger partial charge in [-0.2, -0.15) is 0 Å². The van der Waals surface area contributed by atoms with Crippen molar-refractivity contribution in [1.82, 2.24) is 24.8 Å². The number of nitrogens with zero attached hydrogens (tertiary/aromatic N) is 4. The van der Waals surface area contributed by atoms with Crippen molar-refractivity contribution in [2.75, 3.05) is 45.3 Å². The predicted octanol–water partition coefficient (Wildman–Crippen LogP) is 1.20. The molecule has 11 heteroatoms. The third kappa shape index (κ3) is 6.49. The summed E-state index contributed by atoms with van der Waals surface area (Å²) in [6, 6.07) is 5.45. The zero-order valence-corrected chi connectivity index (χ0v) is 19.4. The van der Waals surface area contributed by atoms with E-state index in [4.69, 9.17) is 14.6 Å². The van der Waals surface area contributed by atoms with Gasteiger partial charge in [0.2, 0.25) is 11.8 Å². The number of nitrogens with one attached hydrogen (secondary N) is 2. The zero-order chi connectivity index (χ0) is 24.3. The highest BCUT2D eigenvalue weighted by Crippen LogP contribution is 2.23. The molecule has 0 aliphatic heterocycles. The second-order valence-corrected chi connectivity index (χ2v) is 7.47. The van der Waals surface area contributed by atoms with Gasteiger partial charge in [-0.3, -0.25) is 14.2 Å². The molecule has 34 heavy (non-hydrogen) atoms. The molecule has 0 spiro atoms. The maximum atomic E-state index is 13.2. The van der Waals surface area contributed by atoms with Gasteiger partial charge in [0.15, 0.2) is 11.5 Å². The lowest BCUT2D eigenvalue weighted by Gasteiger charge is -2.14. The summed E-state index contributed by atoms with van der Waals surface area (Å²) in [7, 11) is 1.55. The first-order valence-corrected chi connectivity index (χ1v) is 11.2. The van der Waals surface area contributed by atoms with Gasteiger partial charge >= 0.3 is 0 Å². The molecule has 0 saturated heterocycles. The molecule has 3 heterocycles. The van der Waals surface area contributed by atoms with E-state index in [1.807, 2.05) is 19.1 Å². The van der Waals surface area contributed by atoms with E-state index in [1.165, 1.54) is 0 Å². The molecule has 0 fully saturated rings. The van der Waals surface area contributed by atoms with Gasteiger partial charge in [-0.1, -0.05) is 6.92 Å². The van der Waals surface area contributed by atoms with Gasteiger partial charge in [0.25, 0.3) is 5.56 Å². The van der Waals surface area contributed by atoms with Crippen molar-refractivity contribution in [3.05, 3.63) is 40.9 Å². The summed E-state index contributed by atoms with van der Waals surface area (Å²) < 4.78 is 12.3. The summed E-state index contributed by atoms with van der Waals surface area (Å²) in [6.45, 7) is 3.49. The number of amides is 1. The van der Waals surface area contributed by atoms with Gasteiger partial charge < -0.3 is 25.2 Å². The van der Waals surface area contributed by atoms with Crippen molar-refractivity contribution < 1.29 is 19.4 Å². The lowest BCUT2D eigenvalue weighted by molar-refractivity contribution is -0.119. The molecule has 3 aromatic rings. The molecular formula is C23H30N6O5. The molecule has 3 N–H and O–H groups in total. The minimum atomic E-state index is -0.373. The number of carbonyl (C=O) groups is 1. The second kappa shape index (κ2) is 12.6. The van der Waals surface area contributed by atoms with E-state index in [0.717, 1.165) is 17.5 Å². The van der Waals surface area contributed by atoms with E-state index in [1.54, 1.807) is 30.1 Å². The van der Waals surface area contributed by atoms with Gasteiger partial charge in [-0.05, 0) is 25.0 Å². The fraction of sp³-hybridized carbons (Fsp3) is 0.435. The number of fused-ring (bicyclic) bond motifs is 1. The normalized spacial score (nSPS) is 10.9. The molecule has 0 aliphatic rings. The van der Waals surface area contributed by atoms with Gasteiger partial charge in [0.1, 0.15) is 0 Å². The van der Waals surface area contributed by atoms with Gasteiger partial charge in [0, 0.05) is 55.9 Å². The van der Waals surface area contributed by atoms with E-state index in [0.29, 0.717) is 49.8 Å². The monoisotopic (exact) mass is 470 g/mol. The molecular weight excluding hydrogens is 440 g/mol. The highest BCUT2D eigenvalue weighted by molar-refractivity contribution is 5.81. The average molecular weight is 471 g/mol. The van der Waals surface area contributed by atoms with E-state index in [2.05, 4.69) is 25.6 Å². The van der Waals surface area contributed by atoms with Crippen LogP contribution in [0.2, 0.25) is 0 Å². The molecule has 0 bridgehead atoms. The molecule has 3 aromatic heterocycles. The fourth-order valence-electron chi connectivity index (χ4n) is 3.22. The molecule has 0 unspecified atom stereocenters. The number of carbonyl (C=O) groups excluding carboxylic acids is 1. The minimum absolute atomic E-state index is 0.00893. The Hall–Kier alpha value is -3.57. The minimum Gasteiger partial charge on any atom is -0.481 e. The topological polar surface area (TPSA) is 140 Å². The Bertz CT molecular complexity index is 1150. The fourth-order valence-corrected chi connectivity index (χ4v) is 3.22. The summed E-state index contributed by atoms with van der Waals surface area (Å²) in [4.78, 5) is 38.3. The smallest absolute Gasteiger partial charge is 0.293 e. The summed E-state index contributed by atoms with van der Waals surface area (Å²) in [5.74, 6) is 0.231. The van der Waals surface area contributed by atoms with Crippen LogP contribution in [0.25, 0.3) is 22.3 Å².